The van der Waals surface area contributed by atoms with E-state index in [0.29, 0.717) is 31.4 Å². The standard InChI is InChI=1S/C18H30N4O3/c1-13(2)6-9-25-15-5-4-14(17(10-15)24-3)12-21-7-8-22-18(23)16(20)11-19/h4-5,10,12-13,16H,6-9,11,19-20H2,1-3H3,(H,22,23). The van der Waals surface area contributed by atoms with Crippen LogP contribution in [0.3, 0.4) is 0 Å². The maximum absolute atomic E-state index is 11.5. The molecule has 1 amide bonds. The normalized spacial score (nSPS) is 12.4. The number of amides is 1. The van der Waals surface area contributed by atoms with Crippen LogP contribution in [0.4, 0.5) is 0 Å². The summed E-state index contributed by atoms with van der Waals surface area (Å²) in [6.07, 6.45) is 2.72. The molecule has 5 N–H and O–H groups in total. The van der Waals surface area contributed by atoms with E-state index in [9.17, 15) is 4.79 Å². The lowest BCUT2D eigenvalue weighted by Gasteiger charge is -2.11. The highest BCUT2D eigenvalue weighted by Gasteiger charge is 2.09. The van der Waals surface area contributed by atoms with E-state index >= 15 is 0 Å². The van der Waals surface area contributed by atoms with Crippen LogP contribution in [0.2, 0.25) is 0 Å². The molecule has 7 nitrogen and oxygen atoms in total. The highest BCUT2D eigenvalue weighted by atomic mass is 16.5. The smallest absolute Gasteiger partial charge is 0.238 e. The average molecular weight is 350 g/mol. The Kier molecular flexibility index (Phi) is 9.57. The molecule has 140 valence electrons. The summed E-state index contributed by atoms with van der Waals surface area (Å²) in [6.45, 7) is 5.97. The maximum atomic E-state index is 11.5. The monoisotopic (exact) mass is 350 g/mol. The Morgan fingerprint density at radius 2 is 2.16 bits per heavy atom. The SMILES string of the molecule is COc1cc(OCCC(C)C)ccc1C=NCCNC(=O)C(N)CN. The van der Waals surface area contributed by atoms with Gasteiger partial charge < -0.3 is 26.3 Å². The van der Waals surface area contributed by atoms with Crippen molar-refractivity contribution in [1.82, 2.24) is 5.32 Å². The number of nitrogens with two attached hydrogens (primary N) is 2. The summed E-state index contributed by atoms with van der Waals surface area (Å²) in [5.41, 5.74) is 11.7. The van der Waals surface area contributed by atoms with Gasteiger partial charge in [-0.15, -0.1) is 0 Å². The Balaban J connectivity index is 2.50. The zero-order valence-corrected chi connectivity index (χ0v) is 15.3. The molecule has 1 rings (SSSR count). The molecule has 0 aromatic heterocycles. The number of rotatable bonds is 11. The van der Waals surface area contributed by atoms with Crippen molar-refractivity contribution in [3.63, 3.8) is 0 Å². The second-order valence-corrected chi connectivity index (χ2v) is 6.10. The molecule has 1 atom stereocenters. The third-order valence-corrected chi connectivity index (χ3v) is 3.53. The molecule has 0 saturated carbocycles. The quantitative estimate of drug-likeness (QED) is 0.406. The minimum Gasteiger partial charge on any atom is -0.496 e. The molecule has 25 heavy (non-hydrogen) atoms. The van der Waals surface area contributed by atoms with Crippen LogP contribution in [0.5, 0.6) is 11.5 Å². The van der Waals surface area contributed by atoms with E-state index in [1.165, 1.54) is 0 Å². The number of carbonyl (C=O) groups is 1. The van der Waals surface area contributed by atoms with Gasteiger partial charge in [0, 0.05) is 30.9 Å². The van der Waals surface area contributed by atoms with Crippen molar-refractivity contribution < 1.29 is 14.3 Å². The summed E-state index contributed by atoms with van der Waals surface area (Å²) in [7, 11) is 1.61. The molecule has 0 heterocycles. The maximum Gasteiger partial charge on any atom is 0.238 e. The van der Waals surface area contributed by atoms with Gasteiger partial charge in [0.25, 0.3) is 0 Å². The lowest BCUT2D eigenvalue weighted by atomic mass is 10.1. The topological polar surface area (TPSA) is 112 Å². The molecular formula is C18H30N4O3. The number of carbonyl (C=O) groups excluding carboxylic acids is 1. The minimum atomic E-state index is -0.674. The van der Waals surface area contributed by atoms with E-state index in [4.69, 9.17) is 20.9 Å². The highest BCUT2D eigenvalue weighted by Crippen LogP contribution is 2.23. The highest BCUT2D eigenvalue weighted by molar-refractivity contribution is 5.84. The van der Waals surface area contributed by atoms with Gasteiger partial charge in [0.2, 0.25) is 5.91 Å². The molecule has 0 fully saturated rings. The first-order valence-electron chi connectivity index (χ1n) is 8.52. The Bertz CT molecular complexity index is 561. The van der Waals surface area contributed by atoms with Gasteiger partial charge in [0.05, 0.1) is 26.3 Å². The van der Waals surface area contributed by atoms with E-state index in [1.807, 2.05) is 18.2 Å². The van der Waals surface area contributed by atoms with E-state index in [-0.39, 0.29) is 12.5 Å². The van der Waals surface area contributed by atoms with Crippen LogP contribution < -0.4 is 26.3 Å². The molecule has 0 spiro atoms. The number of nitrogens with zero attached hydrogens (tertiary/aromatic N) is 1. The number of nitrogens with one attached hydrogen (secondary N) is 1. The lowest BCUT2D eigenvalue weighted by molar-refractivity contribution is -0.122. The zero-order chi connectivity index (χ0) is 18.7. The van der Waals surface area contributed by atoms with E-state index < -0.39 is 6.04 Å². The van der Waals surface area contributed by atoms with Gasteiger partial charge in [-0.2, -0.15) is 0 Å². The molecule has 7 heteroatoms. The summed E-state index contributed by atoms with van der Waals surface area (Å²) in [5, 5.41) is 2.68. The first kappa shape index (κ1) is 20.9. The van der Waals surface area contributed by atoms with Crippen molar-refractivity contribution in [2.75, 3.05) is 33.4 Å². The van der Waals surface area contributed by atoms with Crippen LogP contribution in [-0.2, 0) is 4.79 Å². The fourth-order valence-electron chi connectivity index (χ4n) is 1.95. The first-order valence-corrected chi connectivity index (χ1v) is 8.52. The predicted octanol–water partition coefficient (Wildman–Crippen LogP) is 0.941. The van der Waals surface area contributed by atoms with Gasteiger partial charge in [0.1, 0.15) is 11.5 Å². The van der Waals surface area contributed by atoms with Gasteiger partial charge in [-0.1, -0.05) is 13.8 Å². The summed E-state index contributed by atoms with van der Waals surface area (Å²) in [5.74, 6) is 1.81. The van der Waals surface area contributed by atoms with E-state index in [2.05, 4.69) is 24.2 Å². The van der Waals surface area contributed by atoms with Gasteiger partial charge in [-0.25, -0.2) is 0 Å². The van der Waals surface area contributed by atoms with Crippen molar-refractivity contribution in [1.29, 1.82) is 0 Å². The Morgan fingerprint density at radius 3 is 2.80 bits per heavy atom. The van der Waals surface area contributed by atoms with E-state index in [1.54, 1.807) is 13.3 Å². The molecule has 0 bridgehead atoms. The average Bonchev–Trinajstić information content (AvgIpc) is 2.60. The second kappa shape index (κ2) is 11.4. The van der Waals surface area contributed by atoms with Crippen LogP contribution in [0.25, 0.3) is 0 Å². The van der Waals surface area contributed by atoms with Crippen molar-refractivity contribution in [3.8, 4) is 11.5 Å². The molecular weight excluding hydrogens is 320 g/mol. The van der Waals surface area contributed by atoms with Gasteiger partial charge in [-0.3, -0.25) is 9.79 Å². The van der Waals surface area contributed by atoms with Crippen LogP contribution in [-0.4, -0.2) is 51.5 Å². The summed E-state index contributed by atoms with van der Waals surface area (Å²) >= 11 is 0. The fraction of sp³-hybridized carbons (Fsp3) is 0.556. The molecule has 1 aromatic rings. The van der Waals surface area contributed by atoms with Crippen LogP contribution in [0.1, 0.15) is 25.8 Å². The Hall–Kier alpha value is -2.12. The first-order chi connectivity index (χ1) is 12.0. The lowest BCUT2D eigenvalue weighted by Crippen LogP contribution is -2.45. The fourth-order valence-corrected chi connectivity index (χ4v) is 1.95. The third-order valence-electron chi connectivity index (χ3n) is 3.53. The molecule has 0 aliphatic rings. The van der Waals surface area contributed by atoms with Crippen molar-refractivity contribution in [2.24, 2.45) is 22.4 Å². The Labute approximate surface area is 149 Å². The molecule has 0 aliphatic heterocycles. The van der Waals surface area contributed by atoms with Gasteiger partial charge in [0.15, 0.2) is 0 Å². The summed E-state index contributed by atoms with van der Waals surface area (Å²) in [4.78, 5) is 15.8. The summed E-state index contributed by atoms with van der Waals surface area (Å²) in [6, 6.07) is 4.97. The summed E-state index contributed by atoms with van der Waals surface area (Å²) < 4.78 is 11.1. The number of aliphatic imine (C=N–C) groups is 1. The van der Waals surface area contributed by atoms with Crippen molar-refractivity contribution in [3.05, 3.63) is 23.8 Å². The largest absolute Gasteiger partial charge is 0.496 e. The number of ether oxygens (including phenoxy) is 2. The van der Waals surface area contributed by atoms with Crippen LogP contribution >= 0.6 is 0 Å². The Morgan fingerprint density at radius 1 is 1.40 bits per heavy atom. The number of methoxy groups -OCH3 is 1. The number of hydrogen-bond donors (Lipinski definition) is 3. The van der Waals surface area contributed by atoms with Crippen LogP contribution in [0, 0.1) is 5.92 Å². The van der Waals surface area contributed by atoms with Crippen LogP contribution in [0.15, 0.2) is 23.2 Å². The molecule has 1 aromatic carbocycles. The molecule has 0 aliphatic carbocycles. The third kappa shape index (κ3) is 8.00. The van der Waals surface area contributed by atoms with E-state index in [0.717, 1.165) is 17.7 Å². The van der Waals surface area contributed by atoms with Crippen molar-refractivity contribution >= 4 is 12.1 Å². The minimum absolute atomic E-state index is 0.123. The van der Waals surface area contributed by atoms with Gasteiger partial charge in [-0.05, 0) is 24.5 Å². The van der Waals surface area contributed by atoms with Crippen molar-refractivity contribution in [2.45, 2.75) is 26.3 Å². The second-order valence-electron chi connectivity index (χ2n) is 6.10. The number of hydrogen-bond acceptors (Lipinski definition) is 6. The predicted molar refractivity (Wildman–Crippen MR) is 100 cm³/mol. The zero-order valence-electron chi connectivity index (χ0n) is 15.3. The molecule has 1 unspecified atom stereocenters. The number of benzene rings is 1. The molecule has 0 radical (unpaired) electrons. The van der Waals surface area contributed by atoms with Gasteiger partial charge >= 0.3 is 0 Å². The molecule has 0 saturated heterocycles.